The Morgan fingerprint density at radius 1 is 1.41 bits per heavy atom. The lowest BCUT2D eigenvalue weighted by molar-refractivity contribution is 0.0210. The van der Waals surface area contributed by atoms with E-state index in [9.17, 15) is 0 Å². The first-order valence-corrected chi connectivity index (χ1v) is 6.11. The number of aryl methyl sites for hydroxylation is 1. The Hall–Kier alpha value is -1.37. The predicted molar refractivity (Wildman–Crippen MR) is 66.6 cm³/mol. The van der Waals surface area contributed by atoms with Crippen LogP contribution in [-0.4, -0.2) is 19.2 Å². The van der Waals surface area contributed by atoms with Crippen LogP contribution in [-0.2, 0) is 11.3 Å². The van der Waals surface area contributed by atoms with Crippen LogP contribution in [0.1, 0.15) is 29.5 Å². The maximum absolute atomic E-state index is 8.80. The molecular weight excluding hydrogens is 212 g/mol. The lowest BCUT2D eigenvalue weighted by Gasteiger charge is -2.23. The summed E-state index contributed by atoms with van der Waals surface area (Å²) in [6.45, 7) is 4.79. The standard InChI is InChI=1S/C14H18N2O/c1-11-8-12(9-15)2-3-13(11)10-17-14-4-6-16-7-5-14/h2-3,8,14,16H,4-7,10H2,1H3. The summed E-state index contributed by atoms with van der Waals surface area (Å²) in [5.41, 5.74) is 3.04. The number of nitrogens with one attached hydrogen (secondary N) is 1. The maximum Gasteiger partial charge on any atom is 0.0991 e. The van der Waals surface area contributed by atoms with Gasteiger partial charge in [-0.3, -0.25) is 0 Å². The van der Waals surface area contributed by atoms with E-state index in [1.807, 2.05) is 25.1 Å². The number of benzene rings is 1. The molecule has 0 bridgehead atoms. The molecule has 3 nitrogen and oxygen atoms in total. The Morgan fingerprint density at radius 2 is 2.18 bits per heavy atom. The summed E-state index contributed by atoms with van der Waals surface area (Å²) in [6.07, 6.45) is 2.57. The second-order valence-electron chi connectivity index (χ2n) is 4.51. The molecule has 90 valence electrons. The molecule has 0 atom stereocenters. The van der Waals surface area contributed by atoms with E-state index in [2.05, 4.69) is 11.4 Å². The van der Waals surface area contributed by atoms with Crippen molar-refractivity contribution < 1.29 is 4.74 Å². The SMILES string of the molecule is Cc1cc(C#N)ccc1COC1CCNCC1. The average Bonchev–Trinajstić information content (AvgIpc) is 2.38. The minimum absolute atomic E-state index is 0.381. The molecule has 1 aliphatic rings. The van der Waals surface area contributed by atoms with Gasteiger partial charge in [0.2, 0.25) is 0 Å². The van der Waals surface area contributed by atoms with Gasteiger partial charge in [-0.15, -0.1) is 0 Å². The van der Waals surface area contributed by atoms with Crippen LogP contribution in [0.4, 0.5) is 0 Å². The Labute approximate surface area is 102 Å². The molecule has 17 heavy (non-hydrogen) atoms. The molecule has 3 heteroatoms. The van der Waals surface area contributed by atoms with Crippen molar-refractivity contribution in [2.24, 2.45) is 0 Å². The minimum atomic E-state index is 0.381. The second kappa shape index (κ2) is 5.81. The highest BCUT2D eigenvalue weighted by molar-refractivity contribution is 5.37. The molecule has 2 rings (SSSR count). The Kier molecular flexibility index (Phi) is 4.13. The number of ether oxygens (including phenoxy) is 1. The van der Waals surface area contributed by atoms with Gasteiger partial charge in [-0.2, -0.15) is 5.26 Å². The first-order valence-electron chi connectivity index (χ1n) is 6.11. The zero-order valence-electron chi connectivity index (χ0n) is 10.2. The topological polar surface area (TPSA) is 45.0 Å². The van der Waals surface area contributed by atoms with Crippen molar-refractivity contribution in [1.29, 1.82) is 5.26 Å². The Morgan fingerprint density at radius 3 is 2.82 bits per heavy atom. The van der Waals surface area contributed by atoms with Crippen LogP contribution in [0, 0.1) is 18.3 Å². The number of nitrogens with zero attached hydrogens (tertiary/aromatic N) is 1. The molecule has 0 aromatic heterocycles. The first kappa shape index (κ1) is 12.1. The van der Waals surface area contributed by atoms with Gasteiger partial charge < -0.3 is 10.1 Å². The fraction of sp³-hybridized carbons (Fsp3) is 0.500. The third-order valence-corrected chi connectivity index (χ3v) is 3.23. The van der Waals surface area contributed by atoms with Gasteiger partial charge in [0.25, 0.3) is 0 Å². The highest BCUT2D eigenvalue weighted by Gasteiger charge is 2.13. The van der Waals surface area contributed by atoms with E-state index < -0.39 is 0 Å². The molecule has 1 saturated heterocycles. The summed E-state index contributed by atoms with van der Waals surface area (Å²) < 4.78 is 5.90. The smallest absolute Gasteiger partial charge is 0.0991 e. The number of piperidine rings is 1. The number of nitriles is 1. The lowest BCUT2D eigenvalue weighted by Crippen LogP contribution is -2.32. The maximum atomic E-state index is 8.80. The van der Waals surface area contributed by atoms with Gasteiger partial charge in [-0.05, 0) is 56.1 Å². The highest BCUT2D eigenvalue weighted by atomic mass is 16.5. The van der Waals surface area contributed by atoms with Gasteiger partial charge in [-0.1, -0.05) is 6.07 Å². The second-order valence-corrected chi connectivity index (χ2v) is 4.51. The number of rotatable bonds is 3. The summed E-state index contributed by atoms with van der Waals surface area (Å²) in [5, 5.41) is 12.1. The van der Waals surface area contributed by atoms with Gasteiger partial charge in [0.1, 0.15) is 0 Å². The molecule has 0 saturated carbocycles. The lowest BCUT2D eigenvalue weighted by atomic mass is 10.1. The zero-order chi connectivity index (χ0) is 12.1. The summed E-state index contributed by atoms with van der Waals surface area (Å²) in [4.78, 5) is 0. The molecule has 1 aromatic carbocycles. The van der Waals surface area contributed by atoms with E-state index in [4.69, 9.17) is 10.00 Å². The van der Waals surface area contributed by atoms with Gasteiger partial charge in [0.05, 0.1) is 24.3 Å². The van der Waals surface area contributed by atoms with Crippen molar-refractivity contribution >= 4 is 0 Å². The van der Waals surface area contributed by atoms with E-state index in [-0.39, 0.29) is 0 Å². The fourth-order valence-electron chi connectivity index (χ4n) is 2.10. The highest BCUT2D eigenvalue weighted by Crippen LogP contribution is 2.15. The minimum Gasteiger partial charge on any atom is -0.373 e. The van der Waals surface area contributed by atoms with Crippen LogP contribution in [0.5, 0.6) is 0 Å². The number of hydrogen-bond acceptors (Lipinski definition) is 3. The molecule has 0 spiro atoms. The predicted octanol–water partition coefficient (Wildman–Crippen LogP) is 2.14. The number of hydrogen-bond donors (Lipinski definition) is 1. The van der Waals surface area contributed by atoms with Crippen LogP contribution in [0.2, 0.25) is 0 Å². The van der Waals surface area contributed by atoms with Crippen molar-refractivity contribution in [3.8, 4) is 6.07 Å². The van der Waals surface area contributed by atoms with Crippen LogP contribution in [0.15, 0.2) is 18.2 Å². The first-order chi connectivity index (χ1) is 8.29. The molecular formula is C14H18N2O. The van der Waals surface area contributed by atoms with Crippen molar-refractivity contribution in [1.82, 2.24) is 5.32 Å². The van der Waals surface area contributed by atoms with Crippen LogP contribution >= 0.6 is 0 Å². The monoisotopic (exact) mass is 230 g/mol. The van der Waals surface area contributed by atoms with E-state index in [1.165, 1.54) is 5.56 Å². The fourth-order valence-corrected chi connectivity index (χ4v) is 2.10. The molecule has 1 aromatic rings. The molecule has 1 fully saturated rings. The Bertz CT molecular complexity index is 417. The van der Waals surface area contributed by atoms with E-state index in [1.54, 1.807) is 0 Å². The van der Waals surface area contributed by atoms with Crippen LogP contribution in [0.3, 0.4) is 0 Å². The zero-order valence-corrected chi connectivity index (χ0v) is 10.2. The summed E-state index contributed by atoms with van der Waals surface area (Å²) in [5.74, 6) is 0. The Balaban J connectivity index is 1.92. The van der Waals surface area contributed by atoms with Crippen molar-refractivity contribution in [2.45, 2.75) is 32.5 Å². The van der Waals surface area contributed by atoms with Gasteiger partial charge in [-0.25, -0.2) is 0 Å². The van der Waals surface area contributed by atoms with E-state index in [0.29, 0.717) is 18.3 Å². The van der Waals surface area contributed by atoms with E-state index in [0.717, 1.165) is 31.5 Å². The third kappa shape index (κ3) is 3.29. The molecule has 0 radical (unpaired) electrons. The van der Waals surface area contributed by atoms with Gasteiger partial charge >= 0.3 is 0 Å². The normalized spacial score (nSPS) is 16.7. The summed E-state index contributed by atoms with van der Waals surface area (Å²) in [6, 6.07) is 7.92. The van der Waals surface area contributed by atoms with Crippen molar-refractivity contribution in [3.05, 3.63) is 34.9 Å². The van der Waals surface area contributed by atoms with Crippen molar-refractivity contribution in [3.63, 3.8) is 0 Å². The molecule has 1 heterocycles. The van der Waals surface area contributed by atoms with Gasteiger partial charge in [0, 0.05) is 0 Å². The third-order valence-electron chi connectivity index (χ3n) is 3.23. The molecule has 0 aliphatic carbocycles. The molecule has 1 aliphatic heterocycles. The van der Waals surface area contributed by atoms with Gasteiger partial charge in [0.15, 0.2) is 0 Å². The quantitative estimate of drug-likeness (QED) is 0.865. The van der Waals surface area contributed by atoms with Crippen LogP contribution in [0.25, 0.3) is 0 Å². The molecule has 1 N–H and O–H groups in total. The van der Waals surface area contributed by atoms with Crippen molar-refractivity contribution in [2.75, 3.05) is 13.1 Å². The van der Waals surface area contributed by atoms with Crippen LogP contribution < -0.4 is 5.32 Å². The molecule has 0 unspecified atom stereocenters. The molecule has 0 amide bonds. The van der Waals surface area contributed by atoms with E-state index >= 15 is 0 Å². The largest absolute Gasteiger partial charge is 0.373 e. The summed E-state index contributed by atoms with van der Waals surface area (Å²) in [7, 11) is 0. The summed E-state index contributed by atoms with van der Waals surface area (Å²) >= 11 is 0. The average molecular weight is 230 g/mol.